The summed E-state index contributed by atoms with van der Waals surface area (Å²) in [6.45, 7) is 0.799. The molecule has 0 saturated heterocycles. The number of hydrogen-bond donors (Lipinski definition) is 1. The first-order valence-corrected chi connectivity index (χ1v) is 8.89. The molecule has 3 aromatic rings. The molecule has 2 aromatic carbocycles. The minimum absolute atomic E-state index is 0.182. The lowest BCUT2D eigenvalue weighted by Gasteiger charge is -2.17. The molecule has 1 N–H and O–H groups in total. The molecule has 0 aliphatic heterocycles. The maximum Gasteiger partial charge on any atom is 0.423 e. The number of alkyl halides is 3. The summed E-state index contributed by atoms with van der Waals surface area (Å²) >= 11 is 0. The first kappa shape index (κ1) is 21.6. The summed E-state index contributed by atoms with van der Waals surface area (Å²) in [5.41, 5.74) is -1.01. The van der Waals surface area contributed by atoms with E-state index in [-0.39, 0.29) is 12.5 Å². The summed E-state index contributed by atoms with van der Waals surface area (Å²) in [4.78, 5) is 15.5. The van der Waals surface area contributed by atoms with Gasteiger partial charge in [0, 0.05) is 12.3 Å². The van der Waals surface area contributed by atoms with Crippen molar-refractivity contribution in [2.45, 2.75) is 19.7 Å². The first-order valence-electron chi connectivity index (χ1n) is 8.89. The van der Waals surface area contributed by atoms with E-state index < -0.39 is 34.6 Å². The molecule has 0 bridgehead atoms. The predicted molar refractivity (Wildman–Crippen MR) is 103 cm³/mol. The number of ether oxygens (including phenoxy) is 2. The Labute approximate surface area is 175 Å². The second-order valence-electron chi connectivity index (χ2n) is 6.42. The molecule has 0 saturated carbocycles. The number of pyridine rings is 1. The average Bonchev–Trinajstić information content (AvgIpc) is 2.71. The number of carbonyl (C=O) groups excluding carboxylic acids is 1. The molecule has 0 aliphatic carbocycles. The van der Waals surface area contributed by atoms with Gasteiger partial charge in [-0.2, -0.15) is 18.4 Å². The van der Waals surface area contributed by atoms with Crippen LogP contribution in [0.25, 0.3) is 0 Å². The van der Waals surface area contributed by atoms with Gasteiger partial charge in [0.15, 0.2) is 5.78 Å². The van der Waals surface area contributed by atoms with Crippen molar-refractivity contribution >= 4 is 5.78 Å². The van der Waals surface area contributed by atoms with Crippen molar-refractivity contribution in [2.24, 2.45) is 0 Å². The van der Waals surface area contributed by atoms with Crippen LogP contribution in [0.3, 0.4) is 0 Å². The minimum Gasteiger partial charge on any atom is -0.506 e. The van der Waals surface area contributed by atoms with Crippen LogP contribution in [-0.2, 0) is 12.8 Å². The van der Waals surface area contributed by atoms with Gasteiger partial charge in [-0.1, -0.05) is 12.1 Å². The van der Waals surface area contributed by atoms with Gasteiger partial charge in [0.25, 0.3) is 0 Å². The predicted octanol–water partition coefficient (Wildman–Crippen LogP) is 5.25. The molecule has 0 radical (unpaired) electrons. The highest BCUT2D eigenvalue weighted by atomic mass is 19.4. The monoisotopic (exact) mass is 428 g/mol. The summed E-state index contributed by atoms with van der Waals surface area (Å²) in [6, 6.07) is 13.4. The van der Waals surface area contributed by atoms with Crippen LogP contribution < -0.4 is 9.47 Å². The van der Waals surface area contributed by atoms with Crippen molar-refractivity contribution in [1.29, 1.82) is 5.26 Å². The Morgan fingerprint density at radius 2 is 1.97 bits per heavy atom. The largest absolute Gasteiger partial charge is 0.506 e. The van der Waals surface area contributed by atoms with E-state index in [1.54, 1.807) is 18.2 Å². The highest BCUT2D eigenvalue weighted by molar-refractivity contribution is 5.97. The van der Waals surface area contributed by atoms with Gasteiger partial charge in [-0.25, -0.2) is 4.98 Å². The Kier molecular flexibility index (Phi) is 6.11. The van der Waals surface area contributed by atoms with E-state index in [4.69, 9.17) is 14.7 Å². The third-order valence-corrected chi connectivity index (χ3v) is 4.18. The van der Waals surface area contributed by atoms with Crippen LogP contribution in [0.4, 0.5) is 13.2 Å². The highest BCUT2D eigenvalue weighted by Crippen LogP contribution is 2.44. The molecule has 9 heteroatoms. The molecule has 31 heavy (non-hydrogen) atoms. The third kappa shape index (κ3) is 5.11. The molecule has 0 atom stereocenters. The fourth-order valence-corrected chi connectivity index (χ4v) is 2.77. The lowest BCUT2D eigenvalue weighted by molar-refractivity contribution is -0.140. The average molecular weight is 428 g/mol. The second-order valence-corrected chi connectivity index (χ2v) is 6.42. The Bertz CT molecular complexity index is 1170. The topological polar surface area (TPSA) is 92.4 Å². The Morgan fingerprint density at radius 1 is 1.19 bits per heavy atom. The van der Waals surface area contributed by atoms with Gasteiger partial charge >= 0.3 is 6.18 Å². The van der Waals surface area contributed by atoms with Gasteiger partial charge in [-0.3, -0.25) is 4.79 Å². The number of aromatic nitrogens is 1. The number of Topliss-reactive ketones (excluding diaryl/α,β-unsaturated/α-hetero) is 1. The minimum atomic E-state index is -4.92. The van der Waals surface area contributed by atoms with Crippen LogP contribution in [0.1, 0.15) is 34.0 Å². The number of phenolic OH excluding ortho intramolecular Hbond substituents is 1. The number of hydrogen-bond acceptors (Lipinski definition) is 6. The van der Waals surface area contributed by atoms with E-state index in [0.29, 0.717) is 16.9 Å². The van der Waals surface area contributed by atoms with Gasteiger partial charge in [0.05, 0.1) is 17.2 Å². The van der Waals surface area contributed by atoms with Crippen LogP contribution in [0.5, 0.6) is 23.1 Å². The van der Waals surface area contributed by atoms with Gasteiger partial charge in [-0.15, -0.1) is 0 Å². The summed E-state index contributed by atoms with van der Waals surface area (Å²) in [7, 11) is 0. The molecule has 0 fully saturated rings. The number of phenols is 1. The molecular weight excluding hydrogens is 413 g/mol. The van der Waals surface area contributed by atoms with Crippen molar-refractivity contribution in [2.75, 3.05) is 0 Å². The van der Waals surface area contributed by atoms with Crippen molar-refractivity contribution < 1.29 is 32.5 Å². The van der Waals surface area contributed by atoms with Gasteiger partial charge < -0.3 is 14.6 Å². The maximum absolute atomic E-state index is 13.4. The Balaban J connectivity index is 1.82. The summed E-state index contributed by atoms with van der Waals surface area (Å²) in [6.07, 6.45) is -3.51. The van der Waals surface area contributed by atoms with Crippen molar-refractivity contribution in [3.05, 3.63) is 77.0 Å². The number of ketones is 1. The molecule has 0 unspecified atom stereocenters. The summed E-state index contributed by atoms with van der Waals surface area (Å²) in [5, 5.41) is 18.9. The van der Waals surface area contributed by atoms with Gasteiger partial charge in [0.2, 0.25) is 5.88 Å². The molecule has 158 valence electrons. The van der Waals surface area contributed by atoms with Crippen molar-refractivity contribution in [3.8, 4) is 29.2 Å². The number of nitriles is 1. The molecule has 0 spiro atoms. The SMILES string of the molecule is CC(=O)c1ccc(OCc2cccc(Oc3cc(C#N)ccn3)c2)c(C(F)(F)F)c1O. The summed E-state index contributed by atoms with van der Waals surface area (Å²) < 4.78 is 51.2. The van der Waals surface area contributed by atoms with E-state index in [1.165, 1.54) is 24.4 Å². The highest BCUT2D eigenvalue weighted by Gasteiger charge is 2.39. The van der Waals surface area contributed by atoms with Crippen molar-refractivity contribution in [1.82, 2.24) is 4.98 Å². The van der Waals surface area contributed by atoms with Crippen LogP contribution >= 0.6 is 0 Å². The Morgan fingerprint density at radius 3 is 2.65 bits per heavy atom. The van der Waals surface area contributed by atoms with E-state index in [1.807, 2.05) is 6.07 Å². The van der Waals surface area contributed by atoms with E-state index in [2.05, 4.69) is 4.98 Å². The number of benzene rings is 2. The Hall–Kier alpha value is -4.06. The number of halogens is 3. The standard InChI is InChI=1S/C22H15F3N2O4/c1-13(28)17-5-6-18(20(21(17)29)22(23,24)25)30-12-15-3-2-4-16(9-15)31-19-10-14(11-26)7-8-27-19/h2-10,29H,12H2,1H3. The third-order valence-electron chi connectivity index (χ3n) is 4.18. The van der Waals surface area contributed by atoms with Gasteiger partial charge in [-0.05, 0) is 42.8 Å². The van der Waals surface area contributed by atoms with Gasteiger partial charge in [0.1, 0.15) is 29.4 Å². The lowest BCUT2D eigenvalue weighted by atomic mass is 10.0. The van der Waals surface area contributed by atoms with Crippen LogP contribution in [-0.4, -0.2) is 15.9 Å². The fraction of sp³-hybridized carbons (Fsp3) is 0.136. The summed E-state index contributed by atoms with van der Waals surface area (Å²) in [5.74, 6) is -1.95. The van der Waals surface area contributed by atoms with Crippen LogP contribution in [0, 0.1) is 11.3 Å². The molecule has 0 amide bonds. The first-order chi connectivity index (χ1) is 14.7. The number of rotatable bonds is 6. The fourth-order valence-electron chi connectivity index (χ4n) is 2.77. The van der Waals surface area contributed by atoms with Crippen LogP contribution in [0.15, 0.2) is 54.7 Å². The molecular formula is C22H15F3N2O4. The van der Waals surface area contributed by atoms with Crippen LogP contribution in [0.2, 0.25) is 0 Å². The van der Waals surface area contributed by atoms with E-state index in [9.17, 15) is 23.1 Å². The molecule has 3 rings (SSSR count). The molecule has 0 aliphatic rings. The smallest absolute Gasteiger partial charge is 0.423 e. The lowest BCUT2D eigenvalue weighted by Crippen LogP contribution is -2.11. The van der Waals surface area contributed by atoms with E-state index in [0.717, 1.165) is 19.1 Å². The zero-order valence-electron chi connectivity index (χ0n) is 16.1. The number of nitrogens with zero attached hydrogens (tertiary/aromatic N) is 2. The zero-order valence-corrected chi connectivity index (χ0v) is 16.1. The zero-order chi connectivity index (χ0) is 22.6. The number of carbonyl (C=O) groups is 1. The number of aromatic hydroxyl groups is 1. The second kappa shape index (κ2) is 8.75. The normalized spacial score (nSPS) is 10.9. The maximum atomic E-state index is 13.4. The molecule has 1 aromatic heterocycles. The molecule has 6 nitrogen and oxygen atoms in total. The van der Waals surface area contributed by atoms with Crippen molar-refractivity contribution in [3.63, 3.8) is 0 Å². The molecule has 1 heterocycles. The quantitative estimate of drug-likeness (QED) is 0.539. The van der Waals surface area contributed by atoms with E-state index >= 15 is 0 Å².